The van der Waals surface area contributed by atoms with Gasteiger partial charge in [0.15, 0.2) is 5.69 Å². The van der Waals surface area contributed by atoms with E-state index >= 15 is 0 Å². The number of nitrogens with one attached hydrogen (secondary N) is 2. The molecule has 0 aliphatic rings. The zero-order chi connectivity index (χ0) is 19.2. The van der Waals surface area contributed by atoms with E-state index in [9.17, 15) is 9.59 Å². The average molecular weight is 384 g/mol. The molecule has 0 saturated heterocycles. The summed E-state index contributed by atoms with van der Waals surface area (Å²) in [5.41, 5.74) is 2.54. The van der Waals surface area contributed by atoms with E-state index in [4.69, 9.17) is 0 Å². The van der Waals surface area contributed by atoms with Crippen LogP contribution in [0.2, 0.25) is 0 Å². The summed E-state index contributed by atoms with van der Waals surface area (Å²) < 4.78 is 5.55. The lowest BCUT2D eigenvalue weighted by Gasteiger charge is -2.06. The summed E-state index contributed by atoms with van der Waals surface area (Å²) in [4.78, 5) is 25.1. The van der Waals surface area contributed by atoms with Gasteiger partial charge in [-0.1, -0.05) is 34.8 Å². The van der Waals surface area contributed by atoms with Crippen LogP contribution in [0.5, 0.6) is 0 Å². The van der Waals surface area contributed by atoms with E-state index in [-0.39, 0.29) is 11.8 Å². The van der Waals surface area contributed by atoms with Crippen LogP contribution < -0.4 is 10.6 Å². The summed E-state index contributed by atoms with van der Waals surface area (Å²) in [7, 11) is 1.79. The molecular weight excluding hydrogens is 364 g/mol. The number of hydrogen-bond donors (Lipinski definition) is 2. The molecule has 0 aliphatic carbocycles. The van der Waals surface area contributed by atoms with Crippen molar-refractivity contribution < 1.29 is 9.59 Å². The molecule has 2 aromatic heterocycles. The summed E-state index contributed by atoms with van der Waals surface area (Å²) in [6.45, 7) is 2.75. The van der Waals surface area contributed by atoms with Gasteiger partial charge < -0.3 is 10.6 Å². The predicted molar refractivity (Wildman–Crippen MR) is 103 cm³/mol. The van der Waals surface area contributed by atoms with Gasteiger partial charge >= 0.3 is 0 Å². The number of nitrogens with zero attached hydrogens (tertiary/aromatic N) is 4. The van der Waals surface area contributed by atoms with Crippen LogP contribution in [0.3, 0.4) is 0 Å². The third kappa shape index (κ3) is 4.56. The van der Waals surface area contributed by atoms with Gasteiger partial charge in [0.05, 0.1) is 4.88 Å². The van der Waals surface area contributed by atoms with Crippen molar-refractivity contribution in [2.24, 2.45) is 7.05 Å². The van der Waals surface area contributed by atoms with Crippen LogP contribution in [0, 0.1) is 6.92 Å². The number of rotatable bonds is 7. The molecular formula is C18H20N6O2S. The van der Waals surface area contributed by atoms with E-state index in [0.29, 0.717) is 30.9 Å². The third-order valence-corrected chi connectivity index (χ3v) is 4.79. The predicted octanol–water partition coefficient (Wildman–Crippen LogP) is 1.80. The van der Waals surface area contributed by atoms with Crippen molar-refractivity contribution in [3.63, 3.8) is 0 Å². The van der Waals surface area contributed by atoms with Gasteiger partial charge in [-0.05, 0) is 36.5 Å². The Balaban J connectivity index is 1.45. The highest BCUT2D eigenvalue weighted by atomic mass is 32.1. The van der Waals surface area contributed by atoms with Crippen LogP contribution in [-0.4, -0.2) is 44.3 Å². The monoisotopic (exact) mass is 384 g/mol. The molecule has 0 spiro atoms. The molecule has 0 bridgehead atoms. The molecule has 0 radical (unpaired) electrons. The Hall–Kier alpha value is -3.07. The second-order valence-corrected chi connectivity index (χ2v) is 6.73. The van der Waals surface area contributed by atoms with Crippen molar-refractivity contribution >= 4 is 23.3 Å². The van der Waals surface area contributed by atoms with Crippen LogP contribution in [0.15, 0.2) is 36.4 Å². The second kappa shape index (κ2) is 8.54. The van der Waals surface area contributed by atoms with Gasteiger partial charge in [-0.15, -0.1) is 5.10 Å². The number of benzene rings is 1. The molecule has 8 nitrogen and oxygen atoms in total. The Morgan fingerprint density at radius 2 is 1.81 bits per heavy atom. The lowest BCUT2D eigenvalue weighted by molar-refractivity contribution is 0.0946. The first kappa shape index (κ1) is 18.7. The first-order valence-electron chi connectivity index (χ1n) is 8.51. The molecule has 2 N–H and O–H groups in total. The summed E-state index contributed by atoms with van der Waals surface area (Å²) >= 11 is 1.19. The van der Waals surface area contributed by atoms with E-state index in [1.807, 2.05) is 37.3 Å². The zero-order valence-electron chi connectivity index (χ0n) is 15.1. The molecule has 140 valence electrons. The maximum absolute atomic E-state index is 12.4. The van der Waals surface area contributed by atoms with E-state index in [2.05, 4.69) is 25.3 Å². The highest BCUT2D eigenvalue weighted by molar-refractivity contribution is 7.09. The molecule has 0 atom stereocenters. The fourth-order valence-corrected chi connectivity index (χ4v) is 3.12. The van der Waals surface area contributed by atoms with Crippen LogP contribution in [0.4, 0.5) is 0 Å². The minimum Gasteiger partial charge on any atom is -0.351 e. The van der Waals surface area contributed by atoms with E-state index in [0.717, 1.165) is 16.1 Å². The van der Waals surface area contributed by atoms with Crippen LogP contribution in [0.25, 0.3) is 10.4 Å². The number of carbonyl (C=O) groups excluding carboxylic acids is 2. The van der Waals surface area contributed by atoms with Crippen LogP contribution >= 0.6 is 11.5 Å². The zero-order valence-corrected chi connectivity index (χ0v) is 15.9. The first-order chi connectivity index (χ1) is 13.1. The Kier molecular flexibility index (Phi) is 5.92. The maximum Gasteiger partial charge on any atom is 0.273 e. The largest absolute Gasteiger partial charge is 0.351 e. The van der Waals surface area contributed by atoms with Gasteiger partial charge in [-0.25, -0.2) is 0 Å². The highest BCUT2D eigenvalue weighted by Crippen LogP contribution is 2.25. The van der Waals surface area contributed by atoms with Gasteiger partial charge in [0.25, 0.3) is 11.8 Å². The van der Waals surface area contributed by atoms with E-state index < -0.39 is 0 Å². The maximum atomic E-state index is 12.4. The Morgan fingerprint density at radius 3 is 2.48 bits per heavy atom. The SMILES string of the molecule is Cc1cc(C(=O)NCCCNC(=O)c2nnsc2-c2ccccc2)nn1C. The number of amides is 2. The van der Waals surface area contributed by atoms with Gasteiger partial charge in [-0.3, -0.25) is 14.3 Å². The Morgan fingerprint density at radius 1 is 1.11 bits per heavy atom. The Bertz CT molecular complexity index is 915. The van der Waals surface area contributed by atoms with Crippen molar-refractivity contribution in [1.29, 1.82) is 0 Å². The molecule has 9 heteroatoms. The Labute approximate surface area is 160 Å². The third-order valence-electron chi connectivity index (χ3n) is 4.01. The lowest BCUT2D eigenvalue weighted by atomic mass is 10.1. The fourth-order valence-electron chi connectivity index (χ4n) is 2.46. The number of carbonyl (C=O) groups is 2. The van der Waals surface area contributed by atoms with E-state index in [1.165, 1.54) is 11.5 Å². The smallest absolute Gasteiger partial charge is 0.273 e. The topological polar surface area (TPSA) is 102 Å². The van der Waals surface area contributed by atoms with Gasteiger partial charge in [0.2, 0.25) is 0 Å². The van der Waals surface area contributed by atoms with Gasteiger partial charge in [0, 0.05) is 25.8 Å². The fraction of sp³-hybridized carbons (Fsp3) is 0.278. The van der Waals surface area contributed by atoms with Crippen molar-refractivity contribution in [2.45, 2.75) is 13.3 Å². The number of hydrogen-bond acceptors (Lipinski definition) is 6. The molecule has 0 aliphatic heterocycles. The van der Waals surface area contributed by atoms with Crippen molar-refractivity contribution in [3.05, 3.63) is 53.5 Å². The minimum atomic E-state index is -0.269. The standard InChI is InChI=1S/C18H20N6O2S/c1-12-11-14(22-24(12)2)17(25)19-9-6-10-20-18(26)15-16(27-23-21-15)13-7-4-3-5-8-13/h3-5,7-8,11H,6,9-10H2,1-2H3,(H,19,25)(H,20,26). The van der Waals surface area contributed by atoms with Crippen LogP contribution in [-0.2, 0) is 7.05 Å². The molecule has 3 rings (SSSR count). The van der Waals surface area contributed by atoms with Crippen LogP contribution in [0.1, 0.15) is 33.1 Å². The summed E-state index contributed by atoms with van der Waals surface area (Å²) in [5.74, 6) is -0.491. The van der Waals surface area contributed by atoms with Crippen molar-refractivity contribution in [3.8, 4) is 10.4 Å². The van der Waals surface area contributed by atoms with Crippen molar-refractivity contribution in [2.75, 3.05) is 13.1 Å². The molecule has 2 amide bonds. The molecule has 3 aromatic rings. The van der Waals surface area contributed by atoms with Gasteiger partial charge in [-0.2, -0.15) is 5.10 Å². The quantitative estimate of drug-likeness (QED) is 0.605. The first-order valence-corrected chi connectivity index (χ1v) is 9.28. The summed E-state index contributed by atoms with van der Waals surface area (Å²) in [6.07, 6.45) is 0.599. The molecule has 2 heterocycles. The average Bonchev–Trinajstić information content (AvgIpc) is 3.29. The van der Waals surface area contributed by atoms with Crippen molar-refractivity contribution in [1.82, 2.24) is 30.0 Å². The molecule has 0 unspecified atom stereocenters. The molecule has 0 saturated carbocycles. The summed E-state index contributed by atoms with van der Waals surface area (Å²) in [6, 6.07) is 11.3. The summed E-state index contributed by atoms with van der Waals surface area (Å²) in [5, 5.41) is 13.7. The number of aromatic nitrogens is 4. The molecule has 0 fully saturated rings. The molecule has 1 aromatic carbocycles. The van der Waals surface area contributed by atoms with Gasteiger partial charge in [0.1, 0.15) is 5.69 Å². The second-order valence-electron chi connectivity index (χ2n) is 5.98. The molecule has 27 heavy (non-hydrogen) atoms. The number of aryl methyl sites for hydroxylation is 2. The normalized spacial score (nSPS) is 10.6. The highest BCUT2D eigenvalue weighted by Gasteiger charge is 2.17. The lowest BCUT2D eigenvalue weighted by Crippen LogP contribution is -2.30. The van der Waals surface area contributed by atoms with E-state index in [1.54, 1.807) is 17.8 Å². The minimum absolute atomic E-state index is 0.222.